The zero-order valence-electron chi connectivity index (χ0n) is 18.2. The lowest BCUT2D eigenvalue weighted by molar-refractivity contribution is -0.122. The first kappa shape index (κ1) is 21.2. The fourth-order valence-electron chi connectivity index (χ4n) is 3.84. The van der Waals surface area contributed by atoms with E-state index in [2.05, 4.69) is 40.5 Å². The summed E-state index contributed by atoms with van der Waals surface area (Å²) < 4.78 is 7.50. The number of hydrogen-bond donors (Lipinski definition) is 2. The summed E-state index contributed by atoms with van der Waals surface area (Å²) in [5.41, 5.74) is 1.15. The third-order valence-electron chi connectivity index (χ3n) is 5.47. The minimum atomic E-state index is -0.545. The molecule has 3 rings (SSSR count). The van der Waals surface area contributed by atoms with Crippen molar-refractivity contribution in [1.82, 2.24) is 15.2 Å². The SMILES string of the molecule is CCn1cc(CC(=O)NC(C)(CNC(=O)OC(C)(C)C)C2CC2)c2ccccc21. The molecule has 0 radical (unpaired) electrons. The molecule has 1 fully saturated rings. The molecule has 29 heavy (non-hydrogen) atoms. The van der Waals surface area contributed by atoms with Crippen LogP contribution >= 0.6 is 0 Å². The maximum atomic E-state index is 12.9. The second kappa shape index (κ2) is 8.09. The van der Waals surface area contributed by atoms with Gasteiger partial charge in [-0.15, -0.1) is 0 Å². The van der Waals surface area contributed by atoms with Crippen LogP contribution in [0.25, 0.3) is 10.9 Å². The van der Waals surface area contributed by atoms with Gasteiger partial charge in [-0.3, -0.25) is 4.79 Å². The highest BCUT2D eigenvalue weighted by molar-refractivity contribution is 5.89. The van der Waals surface area contributed by atoms with Crippen LogP contribution in [-0.2, 0) is 22.5 Å². The summed E-state index contributed by atoms with van der Waals surface area (Å²) in [6.07, 6.45) is 4.05. The number of hydrogen-bond acceptors (Lipinski definition) is 3. The van der Waals surface area contributed by atoms with Crippen LogP contribution in [0.4, 0.5) is 4.79 Å². The lowest BCUT2D eigenvalue weighted by atomic mass is 9.95. The fraction of sp³-hybridized carbons (Fsp3) is 0.565. The third-order valence-corrected chi connectivity index (χ3v) is 5.47. The molecule has 6 heteroatoms. The maximum Gasteiger partial charge on any atom is 0.407 e. The molecule has 1 atom stereocenters. The second-order valence-corrected chi connectivity index (χ2v) is 9.23. The predicted molar refractivity (Wildman–Crippen MR) is 115 cm³/mol. The Morgan fingerprint density at radius 3 is 2.48 bits per heavy atom. The van der Waals surface area contributed by atoms with E-state index >= 15 is 0 Å². The number of fused-ring (bicyclic) bond motifs is 1. The standard InChI is InChI=1S/C23H33N3O3/c1-6-26-14-16(18-9-7-8-10-19(18)26)13-20(27)25-23(5,17-11-12-17)15-24-21(28)29-22(2,3)4/h7-10,14,17H,6,11-13,15H2,1-5H3,(H,24,28)(H,25,27). The van der Waals surface area contributed by atoms with Crippen molar-refractivity contribution in [2.24, 2.45) is 5.92 Å². The molecule has 1 aromatic carbocycles. The summed E-state index contributed by atoms with van der Waals surface area (Å²) in [7, 11) is 0. The minimum Gasteiger partial charge on any atom is -0.444 e. The quantitative estimate of drug-likeness (QED) is 0.739. The molecule has 0 bridgehead atoms. The zero-order valence-corrected chi connectivity index (χ0v) is 18.2. The Bertz CT molecular complexity index is 892. The van der Waals surface area contributed by atoms with Crippen molar-refractivity contribution in [2.75, 3.05) is 6.54 Å². The zero-order chi connectivity index (χ0) is 21.2. The van der Waals surface area contributed by atoms with Crippen LogP contribution in [0.3, 0.4) is 0 Å². The van der Waals surface area contributed by atoms with Crippen LogP contribution in [0.1, 0.15) is 53.0 Å². The van der Waals surface area contributed by atoms with Gasteiger partial charge in [-0.1, -0.05) is 18.2 Å². The van der Waals surface area contributed by atoms with Gasteiger partial charge in [0.2, 0.25) is 5.91 Å². The van der Waals surface area contributed by atoms with E-state index in [-0.39, 0.29) is 5.91 Å². The van der Waals surface area contributed by atoms with E-state index < -0.39 is 17.2 Å². The molecule has 158 valence electrons. The highest BCUT2D eigenvalue weighted by atomic mass is 16.6. The van der Waals surface area contributed by atoms with Crippen LogP contribution in [0.5, 0.6) is 0 Å². The molecule has 1 aliphatic rings. The van der Waals surface area contributed by atoms with Crippen molar-refractivity contribution < 1.29 is 14.3 Å². The fourth-order valence-corrected chi connectivity index (χ4v) is 3.84. The summed E-state index contributed by atoms with van der Waals surface area (Å²) in [6, 6.07) is 8.17. The van der Waals surface area contributed by atoms with Gasteiger partial charge in [-0.2, -0.15) is 0 Å². The normalized spacial score (nSPS) is 16.3. The van der Waals surface area contributed by atoms with Gasteiger partial charge in [0.05, 0.1) is 12.0 Å². The molecule has 0 spiro atoms. The first-order valence-electron chi connectivity index (χ1n) is 10.5. The molecule has 1 saturated carbocycles. The number of ether oxygens (including phenoxy) is 1. The topological polar surface area (TPSA) is 72.4 Å². The summed E-state index contributed by atoms with van der Waals surface area (Å²) in [5.74, 6) is 0.350. The van der Waals surface area contributed by atoms with Crippen molar-refractivity contribution in [3.63, 3.8) is 0 Å². The van der Waals surface area contributed by atoms with Crippen LogP contribution in [0, 0.1) is 5.92 Å². The van der Waals surface area contributed by atoms with E-state index in [0.717, 1.165) is 35.9 Å². The van der Waals surface area contributed by atoms with Gasteiger partial charge in [0.15, 0.2) is 0 Å². The van der Waals surface area contributed by atoms with E-state index in [1.54, 1.807) is 0 Å². The number of para-hydroxylation sites is 1. The molecule has 1 unspecified atom stereocenters. The molecule has 2 N–H and O–H groups in total. The van der Waals surface area contributed by atoms with Gasteiger partial charge in [0.25, 0.3) is 0 Å². The molecule has 1 aliphatic carbocycles. The molecule has 1 aromatic heterocycles. The Hall–Kier alpha value is -2.50. The van der Waals surface area contributed by atoms with E-state index in [1.807, 2.05) is 39.8 Å². The van der Waals surface area contributed by atoms with Gasteiger partial charge >= 0.3 is 6.09 Å². The van der Waals surface area contributed by atoms with Crippen molar-refractivity contribution in [2.45, 2.75) is 71.6 Å². The van der Waals surface area contributed by atoms with Crippen LogP contribution in [0.2, 0.25) is 0 Å². The average molecular weight is 400 g/mol. The van der Waals surface area contributed by atoms with E-state index in [0.29, 0.717) is 18.9 Å². The van der Waals surface area contributed by atoms with Crippen LogP contribution in [0.15, 0.2) is 30.5 Å². The third kappa shape index (κ3) is 5.31. The summed E-state index contributed by atoms with van der Waals surface area (Å²) in [4.78, 5) is 25.0. The highest BCUT2D eigenvalue weighted by Crippen LogP contribution is 2.39. The Balaban J connectivity index is 1.67. The van der Waals surface area contributed by atoms with Crippen molar-refractivity contribution >= 4 is 22.9 Å². The first-order chi connectivity index (χ1) is 13.6. The Morgan fingerprint density at radius 2 is 1.86 bits per heavy atom. The number of alkyl carbamates (subject to hydrolysis) is 1. The number of aromatic nitrogens is 1. The number of nitrogens with one attached hydrogen (secondary N) is 2. The van der Waals surface area contributed by atoms with Crippen LogP contribution < -0.4 is 10.6 Å². The molecule has 0 saturated heterocycles. The average Bonchev–Trinajstić information content (AvgIpc) is 3.43. The van der Waals surface area contributed by atoms with Crippen LogP contribution in [-0.4, -0.2) is 34.3 Å². The van der Waals surface area contributed by atoms with Crippen molar-refractivity contribution in [3.8, 4) is 0 Å². The molecular formula is C23H33N3O3. The molecular weight excluding hydrogens is 366 g/mol. The monoisotopic (exact) mass is 399 g/mol. The van der Waals surface area contributed by atoms with Gasteiger partial charge in [0.1, 0.15) is 5.60 Å². The number of rotatable bonds is 7. The lowest BCUT2D eigenvalue weighted by Gasteiger charge is -2.32. The number of carbonyl (C=O) groups excluding carboxylic acids is 2. The van der Waals surface area contributed by atoms with Gasteiger partial charge in [-0.25, -0.2) is 4.79 Å². The molecule has 6 nitrogen and oxygen atoms in total. The smallest absolute Gasteiger partial charge is 0.407 e. The second-order valence-electron chi connectivity index (χ2n) is 9.23. The number of aryl methyl sites for hydroxylation is 1. The molecule has 1 heterocycles. The lowest BCUT2D eigenvalue weighted by Crippen LogP contribution is -2.56. The number of benzene rings is 1. The van der Waals surface area contributed by atoms with E-state index in [9.17, 15) is 9.59 Å². The minimum absolute atomic E-state index is 0.0237. The van der Waals surface area contributed by atoms with E-state index in [4.69, 9.17) is 4.74 Å². The van der Waals surface area contributed by atoms with Gasteiger partial charge in [-0.05, 0) is 65.0 Å². The molecule has 0 aliphatic heterocycles. The summed E-state index contributed by atoms with van der Waals surface area (Å²) >= 11 is 0. The molecule has 2 amide bonds. The highest BCUT2D eigenvalue weighted by Gasteiger charge is 2.43. The van der Waals surface area contributed by atoms with E-state index in [1.165, 1.54) is 0 Å². The summed E-state index contributed by atoms with van der Waals surface area (Å²) in [5, 5.41) is 7.14. The number of carbonyl (C=O) groups is 2. The number of amides is 2. The maximum absolute atomic E-state index is 12.9. The predicted octanol–water partition coefficient (Wildman–Crippen LogP) is 4.01. The Morgan fingerprint density at radius 1 is 1.17 bits per heavy atom. The largest absolute Gasteiger partial charge is 0.444 e. The van der Waals surface area contributed by atoms with Gasteiger partial charge in [0, 0.05) is 30.2 Å². The Kier molecular flexibility index (Phi) is 5.92. The summed E-state index contributed by atoms with van der Waals surface area (Å²) in [6.45, 7) is 10.8. The van der Waals surface area contributed by atoms with Gasteiger partial charge < -0.3 is 19.9 Å². The molecule has 2 aromatic rings. The van der Waals surface area contributed by atoms with Crippen molar-refractivity contribution in [3.05, 3.63) is 36.0 Å². The first-order valence-corrected chi connectivity index (χ1v) is 10.5. The number of nitrogens with zero attached hydrogens (tertiary/aromatic N) is 1. The van der Waals surface area contributed by atoms with Crippen molar-refractivity contribution in [1.29, 1.82) is 0 Å². The Labute approximate surface area is 173 Å².